The number of aryl methyl sites for hydroxylation is 2. The number of hydrogen-bond donors (Lipinski definition) is 0. The molecular formula is C17H24ClNOS. The van der Waals surface area contributed by atoms with Crippen LogP contribution < -0.4 is 0 Å². The Balaban J connectivity index is 1.80. The first kappa shape index (κ1) is 15.4. The number of fused-ring (bicyclic) bond motifs is 1. The zero-order valence-electron chi connectivity index (χ0n) is 12.6. The average molecular weight is 326 g/mol. The van der Waals surface area contributed by atoms with Gasteiger partial charge in [-0.05, 0) is 50.2 Å². The highest BCUT2D eigenvalue weighted by atomic mass is 35.5. The fraction of sp³-hybridized carbons (Fsp3) is 0.706. The lowest BCUT2D eigenvalue weighted by Gasteiger charge is -2.28. The second-order valence-corrected chi connectivity index (χ2v) is 7.72. The molecule has 0 spiro atoms. The summed E-state index contributed by atoms with van der Waals surface area (Å²) in [5.41, 5.74) is 1.43. The number of alkyl halides is 1. The summed E-state index contributed by atoms with van der Waals surface area (Å²) in [4.78, 5) is 17.3. The first-order chi connectivity index (χ1) is 10.3. The van der Waals surface area contributed by atoms with E-state index in [1.54, 1.807) is 11.3 Å². The minimum atomic E-state index is 0.223. The van der Waals surface area contributed by atoms with Crippen LogP contribution in [-0.4, -0.2) is 29.3 Å². The van der Waals surface area contributed by atoms with E-state index in [4.69, 9.17) is 11.6 Å². The summed E-state index contributed by atoms with van der Waals surface area (Å²) in [5, 5.41) is 0. The monoisotopic (exact) mass is 325 g/mol. The van der Waals surface area contributed by atoms with E-state index in [0.29, 0.717) is 5.88 Å². The minimum absolute atomic E-state index is 0.223. The fourth-order valence-corrected chi connectivity index (χ4v) is 5.05. The highest BCUT2D eigenvalue weighted by molar-refractivity contribution is 7.14. The maximum Gasteiger partial charge on any atom is 0.264 e. The van der Waals surface area contributed by atoms with Gasteiger partial charge >= 0.3 is 0 Å². The van der Waals surface area contributed by atoms with Crippen molar-refractivity contribution in [3.63, 3.8) is 0 Å². The summed E-state index contributed by atoms with van der Waals surface area (Å²) in [6.07, 6.45) is 10.8. The standard InChI is InChI=1S/C17H24ClNOS/c18-12-14-8-4-2-6-10-19(14)17(20)16-11-13-7-3-1-5-9-15(13)21-16/h11,14H,1-10,12H2. The molecule has 1 aliphatic heterocycles. The molecule has 1 fully saturated rings. The van der Waals surface area contributed by atoms with Crippen molar-refractivity contribution in [1.29, 1.82) is 0 Å². The molecule has 1 atom stereocenters. The van der Waals surface area contributed by atoms with Gasteiger partial charge in [0, 0.05) is 23.3 Å². The van der Waals surface area contributed by atoms with Gasteiger partial charge in [-0.1, -0.05) is 19.3 Å². The van der Waals surface area contributed by atoms with Crippen molar-refractivity contribution in [2.45, 2.75) is 63.8 Å². The maximum atomic E-state index is 12.9. The number of likely N-dealkylation sites (tertiary alicyclic amines) is 1. The molecule has 1 unspecified atom stereocenters. The van der Waals surface area contributed by atoms with Crippen LogP contribution >= 0.6 is 22.9 Å². The van der Waals surface area contributed by atoms with Crippen molar-refractivity contribution >= 4 is 28.8 Å². The first-order valence-electron chi connectivity index (χ1n) is 8.28. The van der Waals surface area contributed by atoms with Gasteiger partial charge in [-0.25, -0.2) is 0 Å². The molecule has 3 rings (SSSR count). The Kier molecular flexibility index (Phi) is 5.23. The summed E-state index contributed by atoms with van der Waals surface area (Å²) in [7, 11) is 0. The van der Waals surface area contributed by atoms with E-state index in [-0.39, 0.29) is 11.9 Å². The van der Waals surface area contributed by atoms with Crippen molar-refractivity contribution in [3.8, 4) is 0 Å². The van der Waals surface area contributed by atoms with Gasteiger partial charge in [-0.2, -0.15) is 0 Å². The highest BCUT2D eigenvalue weighted by Gasteiger charge is 2.27. The van der Waals surface area contributed by atoms with Crippen LogP contribution in [0.1, 0.15) is 65.1 Å². The van der Waals surface area contributed by atoms with Gasteiger partial charge in [0.15, 0.2) is 0 Å². The zero-order valence-corrected chi connectivity index (χ0v) is 14.1. The molecule has 1 aromatic rings. The van der Waals surface area contributed by atoms with Crippen molar-refractivity contribution < 1.29 is 4.79 Å². The molecule has 1 aromatic heterocycles. The molecule has 0 radical (unpaired) electrons. The van der Waals surface area contributed by atoms with Crippen molar-refractivity contribution in [2.24, 2.45) is 0 Å². The normalized spacial score (nSPS) is 23.3. The molecule has 2 aliphatic rings. The van der Waals surface area contributed by atoms with Crippen molar-refractivity contribution in [3.05, 3.63) is 21.4 Å². The second-order valence-electron chi connectivity index (χ2n) is 6.28. The van der Waals surface area contributed by atoms with E-state index in [9.17, 15) is 4.79 Å². The lowest BCUT2D eigenvalue weighted by atomic mass is 10.1. The first-order valence-corrected chi connectivity index (χ1v) is 9.63. The molecule has 116 valence electrons. The molecule has 21 heavy (non-hydrogen) atoms. The predicted octanol–water partition coefficient (Wildman–Crippen LogP) is 4.64. The molecule has 0 bridgehead atoms. The lowest BCUT2D eigenvalue weighted by Crippen LogP contribution is -2.40. The molecule has 0 N–H and O–H groups in total. The summed E-state index contributed by atoms with van der Waals surface area (Å²) in [5.74, 6) is 0.789. The van der Waals surface area contributed by atoms with Crippen LogP contribution in [0.5, 0.6) is 0 Å². The number of rotatable bonds is 2. The third kappa shape index (κ3) is 3.45. The SMILES string of the molecule is O=C(c1cc2c(s1)CCCCC2)N1CCCCCC1CCl. The Hall–Kier alpha value is -0.540. The summed E-state index contributed by atoms with van der Waals surface area (Å²) < 4.78 is 0. The van der Waals surface area contributed by atoms with Crippen LogP contribution in [0.15, 0.2) is 6.07 Å². The number of hydrogen-bond acceptors (Lipinski definition) is 2. The van der Waals surface area contributed by atoms with Crippen LogP contribution in [0.3, 0.4) is 0 Å². The quantitative estimate of drug-likeness (QED) is 0.573. The number of carbonyl (C=O) groups excluding carboxylic acids is 1. The largest absolute Gasteiger partial charge is 0.334 e. The Labute approximate surface area is 136 Å². The third-order valence-corrected chi connectivity index (χ3v) is 6.35. The van der Waals surface area contributed by atoms with Crippen LogP contribution in [0, 0.1) is 0 Å². The molecule has 2 heterocycles. The van der Waals surface area contributed by atoms with E-state index >= 15 is 0 Å². The van der Waals surface area contributed by atoms with Gasteiger partial charge in [-0.3, -0.25) is 4.79 Å². The molecule has 0 aromatic carbocycles. The van der Waals surface area contributed by atoms with Gasteiger partial charge in [0.1, 0.15) is 0 Å². The number of halogens is 1. The molecule has 4 heteroatoms. The topological polar surface area (TPSA) is 20.3 Å². The Morgan fingerprint density at radius 3 is 2.86 bits per heavy atom. The van der Waals surface area contributed by atoms with Crippen LogP contribution in [0.2, 0.25) is 0 Å². The van der Waals surface area contributed by atoms with E-state index in [1.165, 1.54) is 42.5 Å². The Bertz CT molecular complexity index is 475. The molecule has 2 nitrogen and oxygen atoms in total. The minimum Gasteiger partial charge on any atom is -0.334 e. The predicted molar refractivity (Wildman–Crippen MR) is 89.6 cm³/mol. The number of nitrogens with zero attached hydrogens (tertiary/aromatic N) is 1. The van der Waals surface area contributed by atoms with E-state index in [1.807, 2.05) is 4.90 Å². The van der Waals surface area contributed by atoms with Crippen LogP contribution in [0.4, 0.5) is 0 Å². The van der Waals surface area contributed by atoms with Gasteiger partial charge in [0.25, 0.3) is 5.91 Å². The molecule has 1 amide bonds. The van der Waals surface area contributed by atoms with E-state index in [0.717, 1.165) is 37.1 Å². The lowest BCUT2D eigenvalue weighted by molar-refractivity contribution is 0.0705. The Morgan fingerprint density at radius 1 is 1.19 bits per heavy atom. The van der Waals surface area contributed by atoms with E-state index in [2.05, 4.69) is 6.07 Å². The second kappa shape index (κ2) is 7.15. The van der Waals surface area contributed by atoms with E-state index < -0.39 is 0 Å². The summed E-state index contributed by atoms with van der Waals surface area (Å²) >= 11 is 7.85. The number of carbonyl (C=O) groups is 1. The fourth-order valence-electron chi connectivity index (χ4n) is 3.52. The third-order valence-electron chi connectivity index (χ3n) is 4.77. The van der Waals surface area contributed by atoms with Crippen molar-refractivity contribution in [2.75, 3.05) is 12.4 Å². The van der Waals surface area contributed by atoms with Crippen LogP contribution in [0.25, 0.3) is 0 Å². The number of thiophene rings is 1. The molecule has 0 saturated carbocycles. The molecule has 1 saturated heterocycles. The molecular weight excluding hydrogens is 302 g/mol. The Morgan fingerprint density at radius 2 is 2.00 bits per heavy atom. The molecule has 1 aliphatic carbocycles. The van der Waals surface area contributed by atoms with Crippen LogP contribution in [-0.2, 0) is 12.8 Å². The average Bonchev–Trinajstić information content (AvgIpc) is 2.69. The smallest absolute Gasteiger partial charge is 0.264 e. The van der Waals surface area contributed by atoms with Gasteiger partial charge in [0.2, 0.25) is 0 Å². The number of amides is 1. The van der Waals surface area contributed by atoms with Gasteiger partial charge in [0.05, 0.1) is 4.88 Å². The zero-order chi connectivity index (χ0) is 14.7. The summed E-state index contributed by atoms with van der Waals surface area (Å²) in [6, 6.07) is 2.40. The van der Waals surface area contributed by atoms with Crippen molar-refractivity contribution in [1.82, 2.24) is 4.90 Å². The van der Waals surface area contributed by atoms with Gasteiger partial charge in [-0.15, -0.1) is 22.9 Å². The maximum absolute atomic E-state index is 12.9. The highest BCUT2D eigenvalue weighted by Crippen LogP contribution is 2.31. The summed E-state index contributed by atoms with van der Waals surface area (Å²) in [6.45, 7) is 0.874. The van der Waals surface area contributed by atoms with Gasteiger partial charge < -0.3 is 4.90 Å².